The minimum atomic E-state index is -1.11. The average Bonchev–Trinajstić information content (AvgIpc) is 2.69. The molecular formula is C12H18O3. The maximum absolute atomic E-state index is 10.6. The zero-order valence-electron chi connectivity index (χ0n) is 9.49. The van der Waals surface area contributed by atoms with Crippen LogP contribution in [0.2, 0.25) is 0 Å². The minimum absolute atomic E-state index is 0.0215. The van der Waals surface area contributed by atoms with E-state index in [0.29, 0.717) is 17.3 Å². The average molecular weight is 210 g/mol. The van der Waals surface area contributed by atoms with E-state index in [0.717, 1.165) is 12.3 Å². The zero-order valence-corrected chi connectivity index (χ0v) is 9.49. The smallest absolute Gasteiger partial charge is 0.450 e. The van der Waals surface area contributed by atoms with Gasteiger partial charge in [0, 0.05) is 11.3 Å². The highest BCUT2D eigenvalue weighted by molar-refractivity contribution is 5.58. The Labute approximate surface area is 89.8 Å². The van der Waals surface area contributed by atoms with Gasteiger partial charge in [-0.25, -0.2) is 4.79 Å². The third kappa shape index (κ3) is 0.900. The molecule has 0 spiro atoms. The fourth-order valence-electron chi connectivity index (χ4n) is 4.51. The molecule has 0 radical (unpaired) electrons. The summed E-state index contributed by atoms with van der Waals surface area (Å²) < 4.78 is 5.02. The Kier molecular flexibility index (Phi) is 1.48. The van der Waals surface area contributed by atoms with Crippen LogP contribution >= 0.6 is 0 Å². The van der Waals surface area contributed by atoms with Crippen LogP contribution in [-0.4, -0.2) is 17.4 Å². The van der Waals surface area contributed by atoms with Crippen molar-refractivity contribution < 1.29 is 14.6 Å². The van der Waals surface area contributed by atoms with Gasteiger partial charge in [-0.2, -0.15) is 0 Å². The standard InChI is InChI=1S/C12H18O3/c1-11(2)6-4-7-9(15-10(13)14)12(7,3)8(11)5-6/h6-9H,4-5H2,1-3H3,(H,13,14). The lowest BCUT2D eigenvalue weighted by molar-refractivity contribution is -0.110. The van der Waals surface area contributed by atoms with Crippen LogP contribution in [-0.2, 0) is 4.74 Å². The number of rotatable bonds is 1. The van der Waals surface area contributed by atoms with Gasteiger partial charge in [0.2, 0.25) is 0 Å². The molecule has 0 aromatic rings. The molecule has 0 heterocycles. The molecule has 0 amide bonds. The van der Waals surface area contributed by atoms with Crippen LogP contribution in [0.4, 0.5) is 4.79 Å². The van der Waals surface area contributed by atoms with Crippen LogP contribution in [0.25, 0.3) is 0 Å². The summed E-state index contributed by atoms with van der Waals surface area (Å²) in [6, 6.07) is 0. The molecule has 0 aliphatic heterocycles. The Morgan fingerprint density at radius 2 is 2.00 bits per heavy atom. The molecule has 0 aromatic heterocycles. The first-order valence-corrected chi connectivity index (χ1v) is 5.78. The van der Waals surface area contributed by atoms with E-state index in [1.807, 2.05) is 0 Å². The van der Waals surface area contributed by atoms with Crippen LogP contribution in [0.3, 0.4) is 0 Å². The lowest BCUT2D eigenvalue weighted by atomic mass is 9.45. The van der Waals surface area contributed by atoms with Gasteiger partial charge in [-0.1, -0.05) is 20.8 Å². The minimum Gasteiger partial charge on any atom is -0.450 e. The third-order valence-electron chi connectivity index (χ3n) is 5.66. The van der Waals surface area contributed by atoms with Gasteiger partial charge in [0.05, 0.1) is 0 Å². The summed E-state index contributed by atoms with van der Waals surface area (Å²) >= 11 is 0. The topological polar surface area (TPSA) is 46.5 Å². The molecule has 3 heteroatoms. The van der Waals surface area contributed by atoms with Crippen LogP contribution < -0.4 is 0 Å². The van der Waals surface area contributed by atoms with Crippen molar-refractivity contribution in [3.8, 4) is 0 Å². The van der Waals surface area contributed by atoms with Crippen LogP contribution in [0, 0.1) is 28.6 Å². The first-order valence-electron chi connectivity index (χ1n) is 5.78. The Morgan fingerprint density at radius 3 is 2.47 bits per heavy atom. The normalized spacial score (nSPS) is 53.8. The lowest BCUT2D eigenvalue weighted by Gasteiger charge is -2.59. The zero-order chi connectivity index (χ0) is 11.0. The second-order valence-electron chi connectivity index (χ2n) is 6.32. The number of ether oxygens (including phenoxy) is 1. The molecule has 4 aliphatic rings. The number of hydrogen-bond acceptors (Lipinski definition) is 2. The molecule has 0 aromatic carbocycles. The van der Waals surface area contributed by atoms with Crippen molar-refractivity contribution in [2.45, 2.75) is 39.7 Å². The molecule has 4 rings (SSSR count). The molecule has 4 saturated carbocycles. The molecular weight excluding hydrogens is 192 g/mol. The van der Waals surface area contributed by atoms with Crippen molar-refractivity contribution in [3.63, 3.8) is 0 Å². The van der Waals surface area contributed by atoms with E-state index in [1.165, 1.54) is 6.42 Å². The van der Waals surface area contributed by atoms with E-state index in [9.17, 15) is 4.79 Å². The highest BCUT2D eigenvalue weighted by Crippen LogP contribution is 2.78. The summed E-state index contributed by atoms with van der Waals surface area (Å²) in [5.41, 5.74) is 0.554. The van der Waals surface area contributed by atoms with Crippen LogP contribution in [0.15, 0.2) is 0 Å². The Morgan fingerprint density at radius 1 is 1.33 bits per heavy atom. The quantitative estimate of drug-likeness (QED) is 0.677. The van der Waals surface area contributed by atoms with E-state index < -0.39 is 6.16 Å². The van der Waals surface area contributed by atoms with Crippen LogP contribution in [0.1, 0.15) is 33.6 Å². The van der Waals surface area contributed by atoms with Gasteiger partial charge in [0.1, 0.15) is 6.10 Å². The van der Waals surface area contributed by atoms with E-state index in [-0.39, 0.29) is 11.5 Å². The summed E-state index contributed by atoms with van der Waals surface area (Å²) in [7, 11) is 0. The van der Waals surface area contributed by atoms with Crippen molar-refractivity contribution >= 4 is 6.16 Å². The summed E-state index contributed by atoms with van der Waals surface area (Å²) in [6.45, 7) is 6.86. The number of carboxylic acid groups (broad SMARTS) is 1. The van der Waals surface area contributed by atoms with Gasteiger partial charge in [-0.3, -0.25) is 0 Å². The summed E-state index contributed by atoms with van der Waals surface area (Å²) in [4.78, 5) is 10.6. The Balaban J connectivity index is 1.83. The molecule has 2 bridgehead atoms. The number of hydrogen-bond donors (Lipinski definition) is 1. The van der Waals surface area contributed by atoms with E-state index >= 15 is 0 Å². The fourth-order valence-corrected chi connectivity index (χ4v) is 4.51. The molecule has 84 valence electrons. The van der Waals surface area contributed by atoms with Gasteiger partial charge < -0.3 is 9.84 Å². The maximum atomic E-state index is 10.6. The van der Waals surface area contributed by atoms with Gasteiger partial charge in [-0.15, -0.1) is 0 Å². The monoisotopic (exact) mass is 210 g/mol. The first-order chi connectivity index (χ1) is 6.88. The molecule has 1 N–H and O–H groups in total. The number of carbonyl (C=O) groups is 1. The van der Waals surface area contributed by atoms with E-state index in [4.69, 9.17) is 9.84 Å². The van der Waals surface area contributed by atoms with Crippen molar-refractivity contribution in [1.29, 1.82) is 0 Å². The Hall–Kier alpha value is -0.730. The van der Waals surface area contributed by atoms with Crippen molar-refractivity contribution in [1.82, 2.24) is 0 Å². The van der Waals surface area contributed by atoms with Gasteiger partial charge >= 0.3 is 6.16 Å². The Bertz CT molecular complexity index is 336. The maximum Gasteiger partial charge on any atom is 0.506 e. The second-order valence-corrected chi connectivity index (χ2v) is 6.32. The highest BCUT2D eigenvalue weighted by Gasteiger charge is 2.77. The lowest BCUT2D eigenvalue weighted by Crippen LogP contribution is -2.52. The van der Waals surface area contributed by atoms with Gasteiger partial charge in [0.25, 0.3) is 0 Å². The van der Waals surface area contributed by atoms with E-state index in [1.54, 1.807) is 0 Å². The second kappa shape index (κ2) is 2.33. The highest BCUT2D eigenvalue weighted by atomic mass is 16.7. The van der Waals surface area contributed by atoms with Gasteiger partial charge in [-0.05, 0) is 30.1 Å². The molecule has 4 aliphatic carbocycles. The molecule has 15 heavy (non-hydrogen) atoms. The predicted octanol–water partition coefficient (Wildman–Crippen LogP) is 2.75. The van der Waals surface area contributed by atoms with E-state index in [2.05, 4.69) is 20.8 Å². The van der Waals surface area contributed by atoms with Crippen molar-refractivity contribution in [2.24, 2.45) is 28.6 Å². The molecule has 3 nitrogen and oxygen atoms in total. The fraction of sp³-hybridized carbons (Fsp3) is 0.917. The molecule has 0 saturated heterocycles. The van der Waals surface area contributed by atoms with Crippen molar-refractivity contribution in [2.75, 3.05) is 0 Å². The van der Waals surface area contributed by atoms with Crippen molar-refractivity contribution in [3.05, 3.63) is 0 Å². The molecule has 4 fully saturated rings. The summed E-state index contributed by atoms with van der Waals surface area (Å²) in [5.74, 6) is 1.96. The third-order valence-corrected chi connectivity index (χ3v) is 5.66. The molecule has 5 unspecified atom stereocenters. The first kappa shape index (κ1) is 9.49. The summed E-state index contributed by atoms with van der Waals surface area (Å²) in [5, 5.41) is 8.69. The van der Waals surface area contributed by atoms with Gasteiger partial charge in [0.15, 0.2) is 0 Å². The predicted molar refractivity (Wildman–Crippen MR) is 54.5 cm³/mol. The summed E-state index contributed by atoms with van der Waals surface area (Å²) in [6.07, 6.45) is 1.31. The largest absolute Gasteiger partial charge is 0.506 e. The SMILES string of the molecule is CC1(C)C2CC3C(OC(=O)O)C3(C)C1C2. The van der Waals surface area contributed by atoms with Crippen LogP contribution in [0.5, 0.6) is 0 Å². The molecule has 5 atom stereocenters.